The molecule has 0 spiro atoms. The highest BCUT2D eigenvalue weighted by molar-refractivity contribution is 7.99. The molecule has 7 nitrogen and oxygen atoms in total. The highest BCUT2D eigenvalue weighted by Gasteiger charge is 2.20. The second-order valence-electron chi connectivity index (χ2n) is 6.94. The third kappa shape index (κ3) is 4.68. The van der Waals surface area contributed by atoms with Gasteiger partial charge in [-0.1, -0.05) is 35.5 Å². The molecular formula is C22H20ClFN6OS. The molecule has 2 aromatic heterocycles. The molecule has 0 aliphatic carbocycles. The van der Waals surface area contributed by atoms with E-state index in [9.17, 15) is 9.18 Å². The van der Waals surface area contributed by atoms with Gasteiger partial charge in [-0.15, -0.1) is 10.2 Å². The van der Waals surface area contributed by atoms with E-state index in [1.54, 1.807) is 41.1 Å². The average Bonchev–Trinajstić information content (AvgIpc) is 3.37. The van der Waals surface area contributed by atoms with E-state index in [-0.39, 0.29) is 17.5 Å². The van der Waals surface area contributed by atoms with Gasteiger partial charge in [0.05, 0.1) is 22.0 Å². The molecule has 4 rings (SSSR count). The van der Waals surface area contributed by atoms with Gasteiger partial charge in [-0.25, -0.2) is 4.39 Å². The van der Waals surface area contributed by atoms with Crippen LogP contribution in [0.5, 0.6) is 0 Å². The summed E-state index contributed by atoms with van der Waals surface area (Å²) in [6.07, 6.45) is 1.85. The first kappa shape index (κ1) is 22.0. The van der Waals surface area contributed by atoms with Crippen LogP contribution in [0.2, 0.25) is 5.02 Å². The minimum atomic E-state index is -0.309. The van der Waals surface area contributed by atoms with Crippen molar-refractivity contribution in [3.05, 3.63) is 65.6 Å². The summed E-state index contributed by atoms with van der Waals surface area (Å²) in [6, 6.07) is 13.2. The van der Waals surface area contributed by atoms with Crippen molar-refractivity contribution in [2.45, 2.75) is 18.6 Å². The topological polar surface area (TPSA) is 77.6 Å². The highest BCUT2D eigenvalue weighted by atomic mass is 35.5. The van der Waals surface area contributed by atoms with E-state index in [1.807, 2.05) is 24.7 Å². The maximum absolute atomic E-state index is 13.4. The van der Waals surface area contributed by atoms with E-state index in [1.165, 1.54) is 23.9 Å². The standard InChI is InChI=1S/C22H20ClFN6OS/c1-3-30-21(16-12-29(2)28-20(16)14-8-10-15(24)11-9-14)26-27-22(30)32-13-19(31)25-18-7-5-4-6-17(18)23/h4-12H,3,13H2,1-2H3,(H,25,31). The van der Waals surface area contributed by atoms with Gasteiger partial charge in [0.2, 0.25) is 5.91 Å². The van der Waals surface area contributed by atoms with Crippen molar-refractivity contribution in [3.63, 3.8) is 0 Å². The highest BCUT2D eigenvalue weighted by Crippen LogP contribution is 2.32. The molecule has 0 saturated carbocycles. The number of aromatic nitrogens is 5. The molecule has 0 aliphatic rings. The minimum absolute atomic E-state index is 0.154. The Morgan fingerprint density at radius 3 is 2.62 bits per heavy atom. The Morgan fingerprint density at radius 1 is 1.16 bits per heavy atom. The van der Waals surface area contributed by atoms with Crippen LogP contribution in [0, 0.1) is 5.82 Å². The summed E-state index contributed by atoms with van der Waals surface area (Å²) >= 11 is 7.39. The molecule has 0 unspecified atom stereocenters. The van der Waals surface area contributed by atoms with Gasteiger partial charge < -0.3 is 9.88 Å². The number of rotatable bonds is 7. The molecule has 0 saturated heterocycles. The number of benzene rings is 2. The Bertz CT molecular complexity index is 1250. The first-order valence-corrected chi connectivity index (χ1v) is 11.2. The molecule has 2 heterocycles. The van der Waals surface area contributed by atoms with Crippen LogP contribution in [0.1, 0.15) is 6.92 Å². The molecule has 0 bridgehead atoms. The van der Waals surface area contributed by atoms with Crippen LogP contribution in [0.15, 0.2) is 59.9 Å². The van der Waals surface area contributed by atoms with Gasteiger partial charge in [0.15, 0.2) is 11.0 Å². The SMILES string of the molecule is CCn1c(SCC(=O)Nc2ccccc2Cl)nnc1-c1cn(C)nc1-c1ccc(F)cc1. The lowest BCUT2D eigenvalue weighted by Crippen LogP contribution is -2.15. The lowest BCUT2D eigenvalue weighted by molar-refractivity contribution is -0.113. The van der Waals surface area contributed by atoms with Crippen LogP contribution in [0.25, 0.3) is 22.6 Å². The molecule has 10 heteroatoms. The van der Waals surface area contributed by atoms with Gasteiger partial charge in [-0.2, -0.15) is 5.10 Å². The summed E-state index contributed by atoms with van der Waals surface area (Å²) in [6.45, 7) is 2.59. The van der Waals surface area contributed by atoms with Crippen molar-refractivity contribution in [2.75, 3.05) is 11.1 Å². The molecule has 2 aromatic carbocycles. The van der Waals surface area contributed by atoms with Gasteiger partial charge in [-0.3, -0.25) is 9.48 Å². The van der Waals surface area contributed by atoms with Crippen molar-refractivity contribution in [2.24, 2.45) is 7.05 Å². The number of hydrogen-bond acceptors (Lipinski definition) is 5. The van der Waals surface area contributed by atoms with Crippen molar-refractivity contribution in [1.82, 2.24) is 24.5 Å². The summed E-state index contributed by atoms with van der Waals surface area (Å²) < 4.78 is 17.0. The van der Waals surface area contributed by atoms with Crippen LogP contribution in [0.3, 0.4) is 0 Å². The smallest absolute Gasteiger partial charge is 0.234 e. The summed E-state index contributed by atoms with van der Waals surface area (Å²) in [5, 5.41) is 17.1. The minimum Gasteiger partial charge on any atom is -0.324 e. The summed E-state index contributed by atoms with van der Waals surface area (Å²) in [7, 11) is 1.82. The molecule has 4 aromatic rings. The number of anilines is 1. The van der Waals surface area contributed by atoms with Gasteiger partial charge >= 0.3 is 0 Å². The zero-order valence-electron chi connectivity index (χ0n) is 17.4. The number of hydrogen-bond donors (Lipinski definition) is 1. The number of para-hydroxylation sites is 1. The Hall–Kier alpha value is -3.17. The van der Waals surface area contributed by atoms with Crippen LogP contribution in [-0.2, 0) is 18.4 Å². The zero-order chi connectivity index (χ0) is 22.7. The molecule has 1 amide bonds. The number of nitrogens with one attached hydrogen (secondary N) is 1. The third-order valence-electron chi connectivity index (χ3n) is 4.70. The molecule has 0 radical (unpaired) electrons. The molecule has 0 atom stereocenters. The fraction of sp³-hybridized carbons (Fsp3) is 0.182. The molecular weight excluding hydrogens is 451 g/mol. The molecule has 1 N–H and O–H groups in total. The predicted octanol–water partition coefficient (Wildman–Crippen LogP) is 4.89. The number of halogens is 2. The first-order chi connectivity index (χ1) is 15.5. The van der Waals surface area contributed by atoms with Crippen LogP contribution < -0.4 is 5.32 Å². The van der Waals surface area contributed by atoms with Crippen molar-refractivity contribution in [3.8, 4) is 22.6 Å². The van der Waals surface area contributed by atoms with Gasteiger partial charge in [0, 0.05) is 25.4 Å². The first-order valence-electron chi connectivity index (χ1n) is 9.86. The van der Waals surface area contributed by atoms with Crippen molar-refractivity contribution >= 4 is 35.0 Å². The Labute approximate surface area is 193 Å². The van der Waals surface area contributed by atoms with Crippen molar-refractivity contribution < 1.29 is 9.18 Å². The summed E-state index contributed by atoms with van der Waals surface area (Å²) in [5.74, 6) is 0.288. The number of aryl methyl sites for hydroxylation is 1. The monoisotopic (exact) mass is 470 g/mol. The van der Waals surface area contributed by atoms with E-state index in [0.29, 0.717) is 33.9 Å². The van der Waals surface area contributed by atoms with Gasteiger partial charge in [-0.05, 0) is 43.3 Å². The van der Waals surface area contributed by atoms with E-state index in [0.717, 1.165) is 11.1 Å². The number of carbonyl (C=O) groups excluding carboxylic acids is 1. The molecule has 164 valence electrons. The summed E-state index contributed by atoms with van der Waals surface area (Å²) in [5.41, 5.74) is 2.81. The second kappa shape index (κ2) is 9.54. The lowest BCUT2D eigenvalue weighted by Gasteiger charge is -2.09. The van der Waals surface area contributed by atoms with Crippen molar-refractivity contribution in [1.29, 1.82) is 0 Å². The quantitative estimate of drug-likeness (QED) is 0.389. The average molecular weight is 471 g/mol. The lowest BCUT2D eigenvalue weighted by atomic mass is 10.1. The fourth-order valence-electron chi connectivity index (χ4n) is 3.23. The zero-order valence-corrected chi connectivity index (χ0v) is 19.0. The summed E-state index contributed by atoms with van der Waals surface area (Å²) in [4.78, 5) is 12.4. The van der Waals surface area contributed by atoms with Gasteiger partial charge in [0.25, 0.3) is 0 Å². The number of amides is 1. The van der Waals surface area contributed by atoms with Gasteiger partial charge in [0.1, 0.15) is 11.5 Å². The van der Waals surface area contributed by atoms with Crippen LogP contribution in [0.4, 0.5) is 10.1 Å². The van der Waals surface area contributed by atoms with Crippen LogP contribution >= 0.6 is 23.4 Å². The Balaban J connectivity index is 1.56. The number of thioether (sulfide) groups is 1. The normalized spacial score (nSPS) is 11.0. The molecule has 32 heavy (non-hydrogen) atoms. The third-order valence-corrected chi connectivity index (χ3v) is 6.00. The predicted molar refractivity (Wildman–Crippen MR) is 124 cm³/mol. The number of nitrogens with zero attached hydrogens (tertiary/aromatic N) is 5. The molecule has 0 aliphatic heterocycles. The Morgan fingerprint density at radius 2 is 1.91 bits per heavy atom. The maximum Gasteiger partial charge on any atom is 0.234 e. The Kier molecular flexibility index (Phi) is 6.57. The van der Waals surface area contributed by atoms with E-state index in [2.05, 4.69) is 20.6 Å². The largest absolute Gasteiger partial charge is 0.324 e. The van der Waals surface area contributed by atoms with Crippen LogP contribution in [-0.4, -0.2) is 36.2 Å². The van der Waals surface area contributed by atoms with E-state index >= 15 is 0 Å². The van der Waals surface area contributed by atoms with E-state index in [4.69, 9.17) is 11.6 Å². The number of carbonyl (C=O) groups is 1. The molecule has 0 fully saturated rings. The van der Waals surface area contributed by atoms with E-state index < -0.39 is 0 Å². The maximum atomic E-state index is 13.4. The second-order valence-corrected chi connectivity index (χ2v) is 8.29. The fourth-order valence-corrected chi connectivity index (χ4v) is 4.22.